The number of aryl methyl sites for hydroxylation is 2. The zero-order valence-corrected chi connectivity index (χ0v) is 28.1. The smallest absolute Gasteiger partial charge is 0.298 e. The number of halogens is 4. The molecule has 1 heterocycles. The van der Waals surface area contributed by atoms with Crippen LogP contribution in [0.2, 0.25) is 10.0 Å². The molecule has 1 fully saturated rings. The molecule has 8 heteroatoms. The van der Waals surface area contributed by atoms with E-state index < -0.39 is 17.6 Å². The zero-order valence-electron chi connectivity index (χ0n) is 26.6. The first-order valence-electron chi connectivity index (χ1n) is 14.8. The first kappa shape index (κ1) is 36.5. The third kappa shape index (κ3) is 10.5. The largest absolute Gasteiger partial charge is 0.481 e. The Balaban J connectivity index is 0.000000279. The summed E-state index contributed by atoms with van der Waals surface area (Å²) in [5, 5.41) is 13.2. The van der Waals surface area contributed by atoms with E-state index in [1.807, 2.05) is 52.9 Å². The molecule has 0 radical (unpaired) electrons. The number of pyridine rings is 1. The van der Waals surface area contributed by atoms with Crippen LogP contribution in [-0.4, -0.2) is 23.2 Å². The van der Waals surface area contributed by atoms with Crippen molar-refractivity contribution < 1.29 is 18.6 Å². The number of nitrogens with one attached hydrogen (secondary N) is 1. The van der Waals surface area contributed by atoms with Crippen LogP contribution in [0.25, 0.3) is 0 Å². The molecule has 0 saturated heterocycles. The van der Waals surface area contributed by atoms with Gasteiger partial charge < -0.3 is 15.2 Å². The lowest BCUT2D eigenvalue weighted by atomic mass is 9.91. The van der Waals surface area contributed by atoms with Gasteiger partial charge in [0.2, 0.25) is 0 Å². The first-order valence-corrected chi connectivity index (χ1v) is 15.6. The van der Waals surface area contributed by atoms with Crippen LogP contribution in [0.15, 0.2) is 60.2 Å². The van der Waals surface area contributed by atoms with Crippen LogP contribution in [-0.2, 0) is 17.9 Å². The lowest BCUT2D eigenvalue weighted by molar-refractivity contribution is -0.106. The summed E-state index contributed by atoms with van der Waals surface area (Å²) in [5.74, 6) is -2.38. The van der Waals surface area contributed by atoms with Crippen LogP contribution in [0.4, 0.5) is 14.5 Å². The van der Waals surface area contributed by atoms with E-state index in [-0.39, 0.29) is 5.56 Å². The summed E-state index contributed by atoms with van der Waals surface area (Å²) in [4.78, 5) is 4.50. The van der Waals surface area contributed by atoms with Gasteiger partial charge in [0.05, 0.1) is 15.7 Å². The maximum absolute atomic E-state index is 13.5. The molecule has 0 amide bonds. The second-order valence-electron chi connectivity index (χ2n) is 11.4. The number of ether oxygens (including phenoxy) is 1. The fourth-order valence-electron chi connectivity index (χ4n) is 4.17. The highest BCUT2D eigenvalue weighted by Crippen LogP contribution is 2.35. The van der Waals surface area contributed by atoms with Crippen molar-refractivity contribution in [2.45, 2.75) is 98.2 Å². The highest BCUT2D eigenvalue weighted by Gasteiger charge is 2.37. The number of alkyl halides is 2. The maximum atomic E-state index is 13.5. The molecule has 1 atom stereocenters. The van der Waals surface area contributed by atoms with Gasteiger partial charge in [0.25, 0.3) is 5.92 Å². The van der Waals surface area contributed by atoms with Gasteiger partial charge in [0.15, 0.2) is 0 Å². The van der Waals surface area contributed by atoms with Crippen LogP contribution < -0.4 is 10.1 Å². The standard InChI is InChI=1S/C17H20Cl2N2O.C15H18F2O.C3H8/c1-10-8-12(20-5)6-7-15(10)22-17(3,4)16-14(19)9-13(18)11(2)21-16;1-11(18)15(16,17)14-9-7-13(8-10-14)6-5-12-3-2-4-12;1-3-2/h6-9,20H,1-5H3;5,7-11,18H,2-4,6H2,1H3;3H2,1-2H3. The predicted octanol–water partition coefficient (Wildman–Crippen LogP) is 10.6. The van der Waals surface area contributed by atoms with Crippen molar-refractivity contribution in [2.24, 2.45) is 0 Å². The van der Waals surface area contributed by atoms with E-state index >= 15 is 0 Å². The first-order chi connectivity index (χ1) is 20.2. The number of aliphatic hydroxyl groups excluding tert-OH is 1. The summed E-state index contributed by atoms with van der Waals surface area (Å²) < 4.78 is 33.2. The molecule has 1 aliphatic rings. The number of aliphatic hydroxyl groups is 1. The zero-order chi connectivity index (χ0) is 32.4. The van der Waals surface area contributed by atoms with Gasteiger partial charge in [0.1, 0.15) is 23.1 Å². The minimum Gasteiger partial charge on any atom is -0.481 e. The molecular formula is C35H46Cl2F2N2O2. The number of aromatic nitrogens is 1. The molecule has 1 saturated carbocycles. The van der Waals surface area contributed by atoms with Crippen molar-refractivity contribution in [3.8, 4) is 5.75 Å². The Labute approximate surface area is 266 Å². The van der Waals surface area contributed by atoms with Crippen molar-refractivity contribution >= 4 is 28.9 Å². The van der Waals surface area contributed by atoms with E-state index in [1.165, 1.54) is 43.4 Å². The Morgan fingerprint density at radius 3 is 2.12 bits per heavy atom. The van der Waals surface area contributed by atoms with Crippen LogP contribution in [0.5, 0.6) is 5.75 Å². The summed E-state index contributed by atoms with van der Waals surface area (Å²) in [5.41, 5.74) is 5.19. The number of anilines is 1. The van der Waals surface area contributed by atoms with E-state index in [2.05, 4.69) is 30.2 Å². The molecule has 1 aromatic heterocycles. The Hall–Kier alpha value is -2.67. The van der Waals surface area contributed by atoms with Gasteiger partial charge in [-0.1, -0.05) is 79.4 Å². The number of nitrogens with zero attached hydrogens (tertiary/aromatic N) is 1. The monoisotopic (exact) mass is 634 g/mol. The highest BCUT2D eigenvalue weighted by molar-refractivity contribution is 6.35. The van der Waals surface area contributed by atoms with E-state index in [0.717, 1.165) is 41.6 Å². The molecule has 0 bridgehead atoms. The second-order valence-corrected chi connectivity index (χ2v) is 12.2. The second kappa shape index (κ2) is 16.4. The molecule has 1 aliphatic carbocycles. The van der Waals surface area contributed by atoms with Crippen LogP contribution >= 0.6 is 23.2 Å². The van der Waals surface area contributed by atoms with Gasteiger partial charge in [-0.25, -0.2) is 0 Å². The SMILES string of the molecule is CC(O)C(F)(F)c1ccc(CC=C2CCC2)cc1.CCC.CNc1ccc(OC(C)(C)c2nc(C)c(Cl)cc2Cl)c(C)c1. The van der Waals surface area contributed by atoms with Gasteiger partial charge in [-0.15, -0.1) is 0 Å². The maximum Gasteiger partial charge on any atom is 0.298 e. The molecule has 43 heavy (non-hydrogen) atoms. The Bertz CT molecular complexity index is 1350. The normalized spacial score (nSPS) is 13.5. The van der Waals surface area contributed by atoms with Gasteiger partial charge in [-0.3, -0.25) is 4.98 Å². The molecule has 0 spiro atoms. The summed E-state index contributed by atoms with van der Waals surface area (Å²) >= 11 is 12.4. The lowest BCUT2D eigenvalue weighted by Gasteiger charge is -2.28. The minimum atomic E-state index is -3.18. The number of allylic oxidation sites excluding steroid dienone is 2. The number of benzene rings is 2. The predicted molar refractivity (Wildman–Crippen MR) is 177 cm³/mol. The highest BCUT2D eigenvalue weighted by atomic mass is 35.5. The molecule has 0 aliphatic heterocycles. The minimum absolute atomic E-state index is 0.127. The van der Waals surface area contributed by atoms with E-state index in [1.54, 1.807) is 18.2 Å². The van der Waals surface area contributed by atoms with Gasteiger partial charge >= 0.3 is 0 Å². The van der Waals surface area contributed by atoms with Crippen molar-refractivity contribution in [1.29, 1.82) is 0 Å². The summed E-state index contributed by atoms with van der Waals surface area (Å²) in [7, 11) is 1.89. The lowest BCUT2D eigenvalue weighted by Crippen LogP contribution is -2.27. The van der Waals surface area contributed by atoms with Crippen molar-refractivity contribution in [3.05, 3.63) is 98.3 Å². The summed E-state index contributed by atoms with van der Waals surface area (Å²) in [6.45, 7) is 13.1. The molecule has 3 aromatic rings. The Kier molecular flexibility index (Phi) is 13.9. The Morgan fingerprint density at radius 2 is 1.63 bits per heavy atom. The third-order valence-electron chi connectivity index (χ3n) is 6.99. The average Bonchev–Trinajstić information content (AvgIpc) is 2.92. The quantitative estimate of drug-likeness (QED) is 0.242. The molecule has 4 nitrogen and oxygen atoms in total. The fraction of sp³-hybridized carbons (Fsp3) is 0.457. The molecule has 236 valence electrons. The average molecular weight is 636 g/mol. The van der Waals surface area contributed by atoms with Gasteiger partial charge in [-0.2, -0.15) is 8.78 Å². The van der Waals surface area contributed by atoms with Crippen LogP contribution in [0, 0.1) is 13.8 Å². The molecule has 1 unspecified atom stereocenters. The van der Waals surface area contributed by atoms with Crippen molar-refractivity contribution in [2.75, 3.05) is 12.4 Å². The molecule has 2 aromatic carbocycles. The number of hydrogen-bond acceptors (Lipinski definition) is 4. The number of rotatable bonds is 8. The number of hydrogen-bond donors (Lipinski definition) is 2. The summed E-state index contributed by atoms with van der Waals surface area (Å²) in [6.07, 6.45) is 6.20. The third-order valence-corrected chi connectivity index (χ3v) is 7.66. The van der Waals surface area contributed by atoms with E-state index in [0.29, 0.717) is 15.7 Å². The van der Waals surface area contributed by atoms with Crippen molar-refractivity contribution in [3.63, 3.8) is 0 Å². The van der Waals surface area contributed by atoms with Crippen LogP contribution in [0.1, 0.15) is 88.4 Å². The summed E-state index contributed by atoms with van der Waals surface area (Å²) in [6, 6.07) is 13.9. The van der Waals surface area contributed by atoms with Crippen LogP contribution in [0.3, 0.4) is 0 Å². The molecule has 4 rings (SSSR count). The Morgan fingerprint density at radius 1 is 1.02 bits per heavy atom. The van der Waals surface area contributed by atoms with Gasteiger partial charge in [-0.05, 0) is 95.7 Å². The molecular weight excluding hydrogens is 589 g/mol. The van der Waals surface area contributed by atoms with E-state index in [4.69, 9.17) is 33.0 Å². The van der Waals surface area contributed by atoms with Gasteiger partial charge in [0, 0.05) is 18.3 Å². The molecule has 2 N–H and O–H groups in total. The fourth-order valence-corrected chi connectivity index (χ4v) is 4.76. The van der Waals surface area contributed by atoms with E-state index in [9.17, 15) is 8.78 Å². The topological polar surface area (TPSA) is 54.4 Å². The van der Waals surface area contributed by atoms with Crippen molar-refractivity contribution in [1.82, 2.24) is 4.98 Å².